The van der Waals surface area contributed by atoms with Crippen LogP contribution < -0.4 is 0 Å². The molecule has 4 rings (SSSR count). The summed E-state index contributed by atoms with van der Waals surface area (Å²) in [4.78, 5) is 21.0. The first kappa shape index (κ1) is 15.1. The molecule has 5 heteroatoms. The van der Waals surface area contributed by atoms with Crippen molar-refractivity contribution in [3.8, 4) is 0 Å². The molecule has 1 unspecified atom stereocenters. The van der Waals surface area contributed by atoms with Crippen LogP contribution in [0.4, 0.5) is 0 Å². The molecule has 1 N–H and O–H groups in total. The first-order valence-corrected chi connectivity index (χ1v) is 9.58. The summed E-state index contributed by atoms with van der Waals surface area (Å²) >= 11 is 2.06. The maximum Gasteiger partial charge on any atom is 0.256 e. The minimum absolute atomic E-state index is 0.181. The molecule has 1 aromatic carbocycles. The van der Waals surface area contributed by atoms with Crippen molar-refractivity contribution in [2.24, 2.45) is 0 Å². The zero-order chi connectivity index (χ0) is 15.8. The lowest BCUT2D eigenvalue weighted by molar-refractivity contribution is 0.0589. The minimum Gasteiger partial charge on any atom is -0.358 e. The Morgan fingerprint density at radius 2 is 2.00 bits per heavy atom. The van der Waals surface area contributed by atoms with E-state index in [0.717, 1.165) is 54.4 Å². The summed E-state index contributed by atoms with van der Waals surface area (Å²) < 4.78 is 0. The average Bonchev–Trinajstić information content (AvgIpc) is 3.21. The lowest BCUT2D eigenvalue weighted by Crippen LogP contribution is -2.52. The Hall–Kier alpha value is -1.46. The Kier molecular flexibility index (Phi) is 4.07. The van der Waals surface area contributed by atoms with Crippen LogP contribution in [-0.2, 0) is 0 Å². The van der Waals surface area contributed by atoms with Crippen LogP contribution >= 0.6 is 11.8 Å². The molecule has 122 valence electrons. The smallest absolute Gasteiger partial charge is 0.256 e. The van der Waals surface area contributed by atoms with Gasteiger partial charge in [0.25, 0.3) is 5.91 Å². The van der Waals surface area contributed by atoms with Gasteiger partial charge in [-0.3, -0.25) is 9.69 Å². The molecule has 3 heterocycles. The first-order chi connectivity index (χ1) is 11.2. The third-order valence-electron chi connectivity index (χ3n) is 5.13. The van der Waals surface area contributed by atoms with E-state index in [1.54, 1.807) is 0 Å². The van der Waals surface area contributed by atoms with Gasteiger partial charge in [0.05, 0.1) is 5.56 Å². The molecule has 1 amide bonds. The summed E-state index contributed by atoms with van der Waals surface area (Å²) in [6, 6.07) is 8.81. The Morgan fingerprint density at radius 1 is 1.22 bits per heavy atom. The highest BCUT2D eigenvalue weighted by Gasteiger charge is 2.29. The summed E-state index contributed by atoms with van der Waals surface area (Å²) in [5, 5.41) is 1.05. The number of nitrogens with zero attached hydrogens (tertiary/aromatic N) is 2. The van der Waals surface area contributed by atoms with E-state index in [2.05, 4.69) is 21.6 Å². The van der Waals surface area contributed by atoms with Gasteiger partial charge in [0, 0.05) is 54.6 Å². The summed E-state index contributed by atoms with van der Waals surface area (Å²) in [6.07, 6.45) is 1.31. The van der Waals surface area contributed by atoms with Gasteiger partial charge in [0.1, 0.15) is 0 Å². The molecule has 0 radical (unpaired) electrons. The summed E-state index contributed by atoms with van der Waals surface area (Å²) in [5.41, 5.74) is 2.88. The molecular formula is C18H23N3OS. The lowest BCUT2D eigenvalue weighted by Gasteiger charge is -2.37. The number of hydrogen-bond acceptors (Lipinski definition) is 3. The van der Waals surface area contributed by atoms with Gasteiger partial charge in [0.15, 0.2) is 0 Å². The zero-order valence-corrected chi connectivity index (χ0v) is 14.4. The van der Waals surface area contributed by atoms with Crippen LogP contribution in [0.15, 0.2) is 24.3 Å². The number of aryl methyl sites for hydroxylation is 1. The molecule has 1 atom stereocenters. The number of piperazine rings is 1. The second-order valence-electron chi connectivity index (χ2n) is 6.52. The van der Waals surface area contributed by atoms with Gasteiger partial charge in [-0.25, -0.2) is 0 Å². The van der Waals surface area contributed by atoms with Crippen LogP contribution in [0.1, 0.15) is 22.5 Å². The quantitative estimate of drug-likeness (QED) is 0.921. The molecule has 2 aliphatic rings. The predicted molar refractivity (Wildman–Crippen MR) is 96.2 cm³/mol. The standard InChI is InChI=1S/C18H23N3OS/c1-13-17(15-4-2-3-5-16(15)19-13)18(22)21-9-7-20(8-10-21)14-6-11-23-12-14/h2-5,14,19H,6-12H2,1H3. The van der Waals surface area contributed by atoms with Crippen molar-refractivity contribution in [1.29, 1.82) is 0 Å². The van der Waals surface area contributed by atoms with Crippen LogP contribution in [0.3, 0.4) is 0 Å². The first-order valence-electron chi connectivity index (χ1n) is 8.42. The third-order valence-corrected chi connectivity index (χ3v) is 6.28. The number of aromatic amines is 1. The molecule has 2 aromatic rings. The second kappa shape index (κ2) is 6.21. The van der Waals surface area contributed by atoms with E-state index in [1.807, 2.05) is 36.1 Å². The van der Waals surface area contributed by atoms with Gasteiger partial charge < -0.3 is 9.88 Å². The van der Waals surface area contributed by atoms with Gasteiger partial charge in [-0.1, -0.05) is 18.2 Å². The Bertz CT molecular complexity index is 712. The molecule has 23 heavy (non-hydrogen) atoms. The van der Waals surface area contributed by atoms with E-state index in [-0.39, 0.29) is 5.91 Å². The molecule has 0 bridgehead atoms. The molecule has 2 fully saturated rings. The Labute approximate surface area is 141 Å². The fourth-order valence-electron chi connectivity index (χ4n) is 3.81. The molecule has 0 spiro atoms. The molecule has 0 aliphatic carbocycles. The van der Waals surface area contributed by atoms with E-state index in [1.165, 1.54) is 17.9 Å². The number of H-pyrrole nitrogens is 1. The van der Waals surface area contributed by atoms with E-state index in [0.29, 0.717) is 0 Å². The number of fused-ring (bicyclic) bond motifs is 1. The van der Waals surface area contributed by atoms with Crippen molar-refractivity contribution in [2.45, 2.75) is 19.4 Å². The highest BCUT2D eigenvalue weighted by Crippen LogP contribution is 2.26. The molecular weight excluding hydrogens is 306 g/mol. The van der Waals surface area contributed by atoms with Crippen molar-refractivity contribution in [3.05, 3.63) is 35.5 Å². The Morgan fingerprint density at radius 3 is 2.74 bits per heavy atom. The zero-order valence-electron chi connectivity index (χ0n) is 13.5. The largest absolute Gasteiger partial charge is 0.358 e. The molecule has 0 saturated carbocycles. The van der Waals surface area contributed by atoms with E-state index >= 15 is 0 Å². The number of nitrogens with one attached hydrogen (secondary N) is 1. The van der Waals surface area contributed by atoms with E-state index in [4.69, 9.17) is 0 Å². The summed E-state index contributed by atoms with van der Waals surface area (Å²) in [5.74, 6) is 2.73. The molecule has 1 aromatic heterocycles. The number of benzene rings is 1. The lowest BCUT2D eigenvalue weighted by atomic mass is 10.1. The van der Waals surface area contributed by atoms with Crippen LogP contribution in [0, 0.1) is 6.92 Å². The maximum absolute atomic E-state index is 13.0. The maximum atomic E-state index is 13.0. The van der Waals surface area contributed by atoms with Gasteiger partial charge in [0.2, 0.25) is 0 Å². The van der Waals surface area contributed by atoms with Crippen molar-refractivity contribution in [2.75, 3.05) is 37.7 Å². The summed E-state index contributed by atoms with van der Waals surface area (Å²) in [6.45, 7) is 5.72. The number of hydrogen-bond donors (Lipinski definition) is 1. The van der Waals surface area contributed by atoms with Gasteiger partial charge >= 0.3 is 0 Å². The molecule has 2 aliphatic heterocycles. The monoisotopic (exact) mass is 329 g/mol. The third kappa shape index (κ3) is 2.76. The number of para-hydroxylation sites is 1. The van der Waals surface area contributed by atoms with Crippen LogP contribution in [-0.4, -0.2) is 64.4 Å². The van der Waals surface area contributed by atoms with Gasteiger partial charge in [-0.2, -0.15) is 11.8 Å². The fourth-order valence-corrected chi connectivity index (χ4v) is 5.07. The highest BCUT2D eigenvalue weighted by atomic mass is 32.2. The molecule has 2 saturated heterocycles. The van der Waals surface area contributed by atoms with Gasteiger partial charge in [-0.15, -0.1) is 0 Å². The summed E-state index contributed by atoms with van der Waals surface area (Å²) in [7, 11) is 0. The number of aromatic nitrogens is 1. The van der Waals surface area contributed by atoms with Crippen molar-refractivity contribution in [1.82, 2.24) is 14.8 Å². The Balaban J connectivity index is 1.50. The van der Waals surface area contributed by atoms with E-state index < -0.39 is 0 Å². The fraction of sp³-hybridized carbons (Fsp3) is 0.500. The molecule has 4 nitrogen and oxygen atoms in total. The topological polar surface area (TPSA) is 39.3 Å². The van der Waals surface area contributed by atoms with Crippen LogP contribution in [0.2, 0.25) is 0 Å². The number of carbonyl (C=O) groups excluding carboxylic acids is 1. The SMILES string of the molecule is Cc1[nH]c2ccccc2c1C(=O)N1CCN(C2CCSC2)CC1. The minimum atomic E-state index is 0.181. The van der Waals surface area contributed by atoms with Crippen LogP contribution in [0.25, 0.3) is 10.9 Å². The van der Waals surface area contributed by atoms with Crippen molar-refractivity contribution >= 4 is 28.6 Å². The number of amides is 1. The second-order valence-corrected chi connectivity index (χ2v) is 7.67. The number of rotatable bonds is 2. The predicted octanol–water partition coefficient (Wildman–Crippen LogP) is 2.74. The highest BCUT2D eigenvalue weighted by molar-refractivity contribution is 7.99. The number of carbonyl (C=O) groups is 1. The average molecular weight is 329 g/mol. The normalized spacial score (nSPS) is 22.8. The van der Waals surface area contributed by atoms with Crippen LogP contribution in [0.5, 0.6) is 0 Å². The van der Waals surface area contributed by atoms with Crippen molar-refractivity contribution in [3.63, 3.8) is 0 Å². The number of thioether (sulfide) groups is 1. The van der Waals surface area contributed by atoms with Crippen molar-refractivity contribution < 1.29 is 4.79 Å². The van der Waals surface area contributed by atoms with E-state index in [9.17, 15) is 4.79 Å². The van der Waals surface area contributed by atoms with Gasteiger partial charge in [-0.05, 0) is 25.2 Å².